The molecule has 0 unspecified atom stereocenters. The van der Waals surface area contributed by atoms with Crippen LogP contribution >= 0.6 is 0 Å². The number of nitro groups is 1. The molecule has 0 atom stereocenters. The summed E-state index contributed by atoms with van der Waals surface area (Å²) in [5.41, 5.74) is 0.631. The lowest BCUT2D eigenvalue weighted by Crippen LogP contribution is -2.27. The van der Waals surface area contributed by atoms with E-state index in [1.807, 2.05) is 42.5 Å². The summed E-state index contributed by atoms with van der Waals surface area (Å²) < 4.78 is 10.9. The monoisotopic (exact) mass is 378 g/mol. The Hall–Kier alpha value is -3.61. The summed E-state index contributed by atoms with van der Waals surface area (Å²) in [4.78, 5) is 25.3. The number of hydrogen-bond acceptors (Lipinski definition) is 5. The Morgan fingerprint density at radius 3 is 2.43 bits per heavy atom. The quantitative estimate of drug-likeness (QED) is 0.510. The molecule has 28 heavy (non-hydrogen) atoms. The van der Waals surface area contributed by atoms with Gasteiger partial charge in [-0.1, -0.05) is 36.4 Å². The third-order valence-electron chi connectivity index (χ3n) is 4.67. The Morgan fingerprint density at radius 2 is 1.71 bits per heavy atom. The highest BCUT2D eigenvalue weighted by molar-refractivity contribution is 5.99. The Bertz CT molecular complexity index is 1080. The largest absolute Gasteiger partial charge is 0.486 e. The van der Waals surface area contributed by atoms with E-state index in [2.05, 4.69) is 0 Å². The molecule has 1 aliphatic rings. The highest BCUT2D eigenvalue weighted by Crippen LogP contribution is 2.37. The van der Waals surface area contributed by atoms with Crippen molar-refractivity contribution in [3.63, 3.8) is 0 Å². The van der Waals surface area contributed by atoms with Crippen molar-refractivity contribution >= 4 is 22.4 Å². The number of nitro benzene ring substituents is 1. The van der Waals surface area contributed by atoms with Crippen LogP contribution in [-0.4, -0.2) is 36.0 Å². The van der Waals surface area contributed by atoms with Gasteiger partial charge in [0.2, 0.25) is 0 Å². The summed E-state index contributed by atoms with van der Waals surface area (Å²) in [6.07, 6.45) is 0. The van der Waals surface area contributed by atoms with Gasteiger partial charge in [-0.2, -0.15) is 0 Å². The van der Waals surface area contributed by atoms with Gasteiger partial charge in [-0.25, -0.2) is 0 Å². The number of nitrogens with zero attached hydrogens (tertiary/aromatic N) is 2. The number of carbonyl (C=O) groups is 1. The van der Waals surface area contributed by atoms with Crippen LogP contribution in [0.2, 0.25) is 0 Å². The van der Waals surface area contributed by atoms with E-state index in [-0.39, 0.29) is 17.0 Å². The second-order valence-corrected chi connectivity index (χ2v) is 6.61. The van der Waals surface area contributed by atoms with Crippen LogP contribution in [0.3, 0.4) is 0 Å². The van der Waals surface area contributed by atoms with Crippen LogP contribution in [0, 0.1) is 10.1 Å². The van der Waals surface area contributed by atoms with Crippen molar-refractivity contribution in [2.24, 2.45) is 0 Å². The van der Waals surface area contributed by atoms with Crippen LogP contribution < -0.4 is 9.47 Å². The number of benzene rings is 3. The minimum Gasteiger partial charge on any atom is -0.486 e. The van der Waals surface area contributed by atoms with E-state index in [0.717, 1.165) is 16.3 Å². The molecule has 1 heterocycles. The maximum Gasteiger partial charge on any atom is 0.286 e. The number of hydrogen-bond donors (Lipinski definition) is 0. The number of carbonyl (C=O) groups excluding carboxylic acids is 1. The minimum absolute atomic E-state index is 0.0162. The van der Waals surface area contributed by atoms with E-state index in [1.54, 1.807) is 7.05 Å². The van der Waals surface area contributed by atoms with Crippen LogP contribution in [0.5, 0.6) is 11.5 Å². The number of rotatable bonds is 4. The molecule has 0 aromatic heterocycles. The lowest BCUT2D eigenvalue weighted by molar-refractivity contribution is -0.385. The first kappa shape index (κ1) is 17.8. The van der Waals surface area contributed by atoms with Crippen LogP contribution in [0.4, 0.5) is 5.69 Å². The number of ether oxygens (including phenoxy) is 2. The van der Waals surface area contributed by atoms with Gasteiger partial charge in [-0.05, 0) is 22.4 Å². The van der Waals surface area contributed by atoms with Gasteiger partial charge in [-0.15, -0.1) is 0 Å². The average molecular weight is 378 g/mol. The standard InChI is InChI=1S/C21H18N2O5/c1-22(13-14-6-7-15-4-2-3-5-16(15)10-14)21(24)17-11-19-20(28-9-8-27-19)12-18(17)23(25)26/h2-7,10-12H,8-9,13H2,1H3. The molecule has 7 nitrogen and oxygen atoms in total. The molecule has 0 spiro atoms. The lowest BCUT2D eigenvalue weighted by Gasteiger charge is -2.21. The molecular formula is C21H18N2O5. The molecule has 0 fully saturated rings. The normalized spacial score (nSPS) is 12.6. The summed E-state index contributed by atoms with van der Waals surface area (Å²) in [5.74, 6) is 0.183. The average Bonchev–Trinajstić information content (AvgIpc) is 2.72. The fraction of sp³-hybridized carbons (Fsp3) is 0.190. The summed E-state index contributed by atoms with van der Waals surface area (Å²) in [6, 6.07) is 16.6. The van der Waals surface area contributed by atoms with E-state index in [4.69, 9.17) is 9.47 Å². The fourth-order valence-corrected chi connectivity index (χ4v) is 3.29. The predicted molar refractivity (Wildman–Crippen MR) is 104 cm³/mol. The van der Waals surface area contributed by atoms with E-state index in [0.29, 0.717) is 25.5 Å². The summed E-state index contributed by atoms with van der Waals surface area (Å²) in [7, 11) is 1.62. The predicted octanol–water partition coefficient (Wildman–Crippen LogP) is 3.79. The fourth-order valence-electron chi connectivity index (χ4n) is 3.29. The Balaban J connectivity index is 1.63. The van der Waals surface area contributed by atoms with Crippen molar-refractivity contribution in [2.45, 2.75) is 6.54 Å². The Labute approximate surface area is 161 Å². The van der Waals surface area contributed by atoms with Gasteiger partial charge in [0.05, 0.1) is 11.0 Å². The topological polar surface area (TPSA) is 81.9 Å². The van der Waals surface area contributed by atoms with Gasteiger partial charge >= 0.3 is 0 Å². The van der Waals surface area contributed by atoms with E-state index < -0.39 is 10.8 Å². The molecule has 0 radical (unpaired) electrons. The molecule has 0 aliphatic carbocycles. The zero-order chi connectivity index (χ0) is 19.7. The van der Waals surface area contributed by atoms with Crippen LogP contribution in [0.25, 0.3) is 10.8 Å². The van der Waals surface area contributed by atoms with Gasteiger partial charge in [-0.3, -0.25) is 14.9 Å². The molecule has 4 rings (SSSR count). The second kappa shape index (κ2) is 7.19. The SMILES string of the molecule is CN(Cc1ccc2ccccc2c1)C(=O)c1cc2c(cc1[N+](=O)[O-])OCCO2. The number of fused-ring (bicyclic) bond motifs is 2. The molecule has 7 heteroatoms. The summed E-state index contributed by atoms with van der Waals surface area (Å²) >= 11 is 0. The van der Waals surface area contributed by atoms with Crippen molar-refractivity contribution in [1.29, 1.82) is 0 Å². The van der Waals surface area contributed by atoms with E-state index in [1.165, 1.54) is 17.0 Å². The van der Waals surface area contributed by atoms with Crippen molar-refractivity contribution in [1.82, 2.24) is 4.90 Å². The van der Waals surface area contributed by atoms with Gasteiger partial charge in [0.1, 0.15) is 18.8 Å². The zero-order valence-corrected chi connectivity index (χ0v) is 15.3. The van der Waals surface area contributed by atoms with Crippen molar-refractivity contribution in [3.05, 3.63) is 75.8 Å². The number of amides is 1. The molecule has 0 saturated carbocycles. The Kier molecular flexibility index (Phi) is 4.57. The van der Waals surface area contributed by atoms with Crippen LogP contribution in [-0.2, 0) is 6.54 Å². The molecule has 0 saturated heterocycles. The van der Waals surface area contributed by atoms with Crippen LogP contribution in [0.15, 0.2) is 54.6 Å². The summed E-state index contributed by atoms with van der Waals surface area (Å²) in [6.45, 7) is 0.986. The maximum absolute atomic E-state index is 12.9. The molecular weight excluding hydrogens is 360 g/mol. The molecule has 142 valence electrons. The molecule has 1 aliphatic heterocycles. The molecule has 3 aromatic rings. The third kappa shape index (κ3) is 3.34. The maximum atomic E-state index is 12.9. The summed E-state index contributed by atoms with van der Waals surface area (Å²) in [5, 5.41) is 13.7. The van der Waals surface area contributed by atoms with Crippen LogP contribution in [0.1, 0.15) is 15.9 Å². The van der Waals surface area contributed by atoms with E-state index in [9.17, 15) is 14.9 Å². The molecule has 1 amide bonds. The highest BCUT2D eigenvalue weighted by atomic mass is 16.6. The van der Waals surface area contributed by atoms with Gasteiger partial charge in [0.25, 0.3) is 11.6 Å². The van der Waals surface area contributed by atoms with E-state index >= 15 is 0 Å². The first-order chi connectivity index (χ1) is 13.5. The first-order valence-electron chi connectivity index (χ1n) is 8.84. The Morgan fingerprint density at radius 1 is 1.04 bits per heavy atom. The van der Waals surface area contributed by atoms with Crippen molar-refractivity contribution in [3.8, 4) is 11.5 Å². The molecule has 0 bridgehead atoms. The molecule has 3 aromatic carbocycles. The van der Waals surface area contributed by atoms with Gasteiger partial charge < -0.3 is 14.4 Å². The lowest BCUT2D eigenvalue weighted by atomic mass is 10.1. The van der Waals surface area contributed by atoms with Gasteiger partial charge in [0, 0.05) is 19.7 Å². The van der Waals surface area contributed by atoms with Crippen molar-refractivity contribution in [2.75, 3.05) is 20.3 Å². The third-order valence-corrected chi connectivity index (χ3v) is 4.67. The van der Waals surface area contributed by atoms with Gasteiger partial charge in [0.15, 0.2) is 11.5 Å². The minimum atomic E-state index is -0.574. The zero-order valence-electron chi connectivity index (χ0n) is 15.3. The second-order valence-electron chi connectivity index (χ2n) is 6.61. The highest BCUT2D eigenvalue weighted by Gasteiger charge is 2.28. The smallest absolute Gasteiger partial charge is 0.286 e. The van der Waals surface area contributed by atoms with Crippen molar-refractivity contribution < 1.29 is 19.2 Å². The first-order valence-corrected chi connectivity index (χ1v) is 8.84. The molecule has 0 N–H and O–H groups in total.